The van der Waals surface area contributed by atoms with Gasteiger partial charge in [-0.3, -0.25) is 4.79 Å². The topological polar surface area (TPSA) is 73.0 Å². The van der Waals surface area contributed by atoms with Crippen molar-refractivity contribution in [3.8, 4) is 11.3 Å². The van der Waals surface area contributed by atoms with Gasteiger partial charge in [-0.2, -0.15) is 9.61 Å². The smallest absolute Gasteiger partial charge is 0.272 e. The molecule has 0 fully saturated rings. The van der Waals surface area contributed by atoms with E-state index in [0.29, 0.717) is 33.6 Å². The van der Waals surface area contributed by atoms with E-state index in [1.165, 1.54) is 4.52 Å². The van der Waals surface area contributed by atoms with Crippen molar-refractivity contribution in [3.05, 3.63) is 40.3 Å². The lowest BCUT2D eigenvalue weighted by atomic mass is 10.1. The van der Waals surface area contributed by atoms with Gasteiger partial charge < -0.3 is 0 Å². The molecule has 92 valence electrons. The van der Waals surface area contributed by atoms with E-state index in [2.05, 4.69) is 20.3 Å². The molecule has 0 atom stereocenters. The second kappa shape index (κ2) is 3.36. The number of nitrogens with zero attached hydrogens (tertiary/aromatic N) is 5. The highest BCUT2D eigenvalue weighted by atomic mass is 35.5. The van der Waals surface area contributed by atoms with Crippen LogP contribution in [0.15, 0.2) is 18.2 Å². The molecule has 3 aromatic rings. The number of aromatic nitrogens is 5. The van der Waals surface area contributed by atoms with Crippen molar-refractivity contribution in [2.45, 2.75) is 6.92 Å². The Morgan fingerprint density at radius 1 is 1.16 bits per heavy atom. The van der Waals surface area contributed by atoms with Gasteiger partial charge in [0.05, 0.1) is 0 Å². The van der Waals surface area contributed by atoms with Crippen LogP contribution < -0.4 is 0 Å². The Labute approximate surface area is 112 Å². The number of hydrogen-bond acceptors (Lipinski definition) is 5. The van der Waals surface area contributed by atoms with Crippen molar-refractivity contribution in [2.24, 2.45) is 0 Å². The van der Waals surface area contributed by atoms with E-state index in [4.69, 9.17) is 11.6 Å². The van der Waals surface area contributed by atoms with Gasteiger partial charge in [-0.05, 0) is 19.1 Å². The summed E-state index contributed by atoms with van der Waals surface area (Å²) < 4.78 is 1.46. The van der Waals surface area contributed by atoms with Gasteiger partial charge in [0.1, 0.15) is 5.69 Å². The highest BCUT2D eigenvalue weighted by molar-refractivity contribution is 6.32. The molecular weight excluding hydrogens is 266 g/mol. The van der Waals surface area contributed by atoms with Gasteiger partial charge in [-0.25, -0.2) is 4.98 Å². The molecule has 0 saturated heterocycles. The molecule has 1 aliphatic carbocycles. The SMILES string of the molecule is Cc1nnc2nc3c(nn12)C(=O)c1cc(Cl)ccc1-3. The van der Waals surface area contributed by atoms with Crippen LogP contribution in [0.1, 0.15) is 21.9 Å². The molecule has 0 saturated carbocycles. The first kappa shape index (κ1) is 10.6. The van der Waals surface area contributed by atoms with Gasteiger partial charge >= 0.3 is 0 Å². The van der Waals surface area contributed by atoms with E-state index in [1.807, 2.05) is 0 Å². The molecular formula is C12H6ClN5O. The number of carbonyl (C=O) groups is 1. The van der Waals surface area contributed by atoms with Gasteiger partial charge in [-0.15, -0.1) is 10.2 Å². The fourth-order valence-electron chi connectivity index (χ4n) is 2.21. The Bertz CT molecular complexity index is 870. The normalized spacial score (nSPS) is 12.8. The summed E-state index contributed by atoms with van der Waals surface area (Å²) in [4.78, 5) is 16.7. The number of rotatable bonds is 0. The molecule has 7 heteroatoms. The van der Waals surface area contributed by atoms with Crippen LogP contribution in [0.25, 0.3) is 17.0 Å². The predicted molar refractivity (Wildman–Crippen MR) is 67.2 cm³/mol. The second-order valence-corrected chi connectivity index (χ2v) is 4.72. The third-order valence-electron chi connectivity index (χ3n) is 3.11. The Morgan fingerprint density at radius 2 is 2.00 bits per heavy atom. The average Bonchev–Trinajstić information content (AvgIpc) is 2.89. The van der Waals surface area contributed by atoms with Gasteiger partial charge in [0, 0.05) is 16.1 Å². The molecule has 0 N–H and O–H groups in total. The highest BCUT2D eigenvalue weighted by Gasteiger charge is 2.31. The van der Waals surface area contributed by atoms with E-state index >= 15 is 0 Å². The van der Waals surface area contributed by atoms with Crippen LogP contribution in [0.5, 0.6) is 0 Å². The molecule has 6 nitrogen and oxygen atoms in total. The lowest BCUT2D eigenvalue weighted by Crippen LogP contribution is -2.06. The number of carbonyl (C=O) groups excluding carboxylic acids is 1. The zero-order chi connectivity index (χ0) is 13.1. The first-order chi connectivity index (χ1) is 9.15. The van der Waals surface area contributed by atoms with Crippen LogP contribution in [0.4, 0.5) is 0 Å². The van der Waals surface area contributed by atoms with E-state index in [9.17, 15) is 4.79 Å². The first-order valence-corrected chi connectivity index (χ1v) is 5.97. The van der Waals surface area contributed by atoms with Crippen molar-refractivity contribution in [2.75, 3.05) is 0 Å². The van der Waals surface area contributed by atoms with Crippen molar-refractivity contribution in [1.29, 1.82) is 0 Å². The molecule has 2 aromatic heterocycles. The fraction of sp³-hybridized carbons (Fsp3) is 0.0833. The molecule has 0 bridgehead atoms. The number of halogens is 1. The Balaban J connectivity index is 2.11. The Kier molecular flexibility index (Phi) is 1.87. The minimum absolute atomic E-state index is 0.171. The fourth-order valence-corrected chi connectivity index (χ4v) is 2.38. The summed E-state index contributed by atoms with van der Waals surface area (Å²) in [6.45, 7) is 1.75. The number of hydrogen-bond donors (Lipinski definition) is 0. The molecule has 0 radical (unpaired) electrons. The molecule has 19 heavy (non-hydrogen) atoms. The number of benzene rings is 1. The lowest BCUT2D eigenvalue weighted by Gasteiger charge is -1.99. The molecule has 0 amide bonds. The summed E-state index contributed by atoms with van der Waals surface area (Å²) in [6.07, 6.45) is 0. The van der Waals surface area contributed by atoms with Crippen LogP contribution in [-0.2, 0) is 0 Å². The predicted octanol–water partition coefficient (Wildman–Crippen LogP) is 1.69. The third-order valence-corrected chi connectivity index (χ3v) is 3.35. The van der Waals surface area contributed by atoms with E-state index in [0.717, 1.165) is 5.56 Å². The minimum atomic E-state index is -0.171. The van der Waals surface area contributed by atoms with E-state index < -0.39 is 0 Å². The lowest BCUT2D eigenvalue weighted by molar-refractivity contribution is 0.103. The van der Waals surface area contributed by atoms with E-state index in [-0.39, 0.29) is 5.78 Å². The maximum absolute atomic E-state index is 12.3. The Morgan fingerprint density at radius 3 is 2.84 bits per heavy atom. The van der Waals surface area contributed by atoms with Gasteiger partial charge in [0.2, 0.25) is 5.78 Å². The van der Waals surface area contributed by atoms with Crippen molar-refractivity contribution in [1.82, 2.24) is 24.8 Å². The second-order valence-electron chi connectivity index (χ2n) is 4.29. The summed E-state index contributed by atoms with van der Waals surface area (Å²) in [6, 6.07) is 5.13. The van der Waals surface area contributed by atoms with Crippen LogP contribution in [-0.4, -0.2) is 30.6 Å². The number of ketones is 1. The zero-order valence-corrected chi connectivity index (χ0v) is 10.5. The first-order valence-electron chi connectivity index (χ1n) is 5.60. The monoisotopic (exact) mass is 271 g/mol. The van der Waals surface area contributed by atoms with Crippen LogP contribution in [0, 0.1) is 6.92 Å². The highest BCUT2D eigenvalue weighted by Crippen LogP contribution is 2.35. The van der Waals surface area contributed by atoms with Gasteiger partial charge in [0.15, 0.2) is 11.5 Å². The largest absolute Gasteiger partial charge is 0.287 e. The summed E-state index contributed by atoms with van der Waals surface area (Å²) in [5, 5.41) is 12.6. The molecule has 2 heterocycles. The summed E-state index contributed by atoms with van der Waals surface area (Å²) in [7, 11) is 0. The molecule has 1 aromatic carbocycles. The van der Waals surface area contributed by atoms with Crippen molar-refractivity contribution < 1.29 is 4.79 Å². The third kappa shape index (κ3) is 1.29. The van der Waals surface area contributed by atoms with Crippen LogP contribution >= 0.6 is 11.6 Å². The zero-order valence-electron chi connectivity index (χ0n) is 9.75. The summed E-state index contributed by atoms with van der Waals surface area (Å²) in [5.41, 5.74) is 2.12. The van der Waals surface area contributed by atoms with Crippen LogP contribution in [0.2, 0.25) is 5.02 Å². The van der Waals surface area contributed by atoms with Crippen molar-refractivity contribution in [3.63, 3.8) is 0 Å². The van der Waals surface area contributed by atoms with Crippen LogP contribution in [0.3, 0.4) is 0 Å². The number of aryl methyl sites for hydroxylation is 1. The van der Waals surface area contributed by atoms with Gasteiger partial charge in [-0.1, -0.05) is 17.7 Å². The number of fused-ring (bicyclic) bond motifs is 4. The average molecular weight is 272 g/mol. The maximum Gasteiger partial charge on any atom is 0.272 e. The van der Waals surface area contributed by atoms with Crippen molar-refractivity contribution >= 4 is 23.2 Å². The summed E-state index contributed by atoms with van der Waals surface area (Å²) >= 11 is 5.92. The maximum atomic E-state index is 12.3. The molecule has 0 unspecified atom stereocenters. The molecule has 0 spiro atoms. The van der Waals surface area contributed by atoms with E-state index in [1.54, 1.807) is 25.1 Å². The van der Waals surface area contributed by atoms with Gasteiger partial charge in [0.25, 0.3) is 5.78 Å². The molecule has 4 rings (SSSR count). The minimum Gasteiger partial charge on any atom is -0.287 e. The quantitative estimate of drug-likeness (QED) is 0.487. The summed E-state index contributed by atoms with van der Waals surface area (Å²) in [5.74, 6) is 0.800. The Hall–Kier alpha value is -2.34. The standard InChI is InChI=1S/C12H6ClN5O/c1-5-15-16-12-14-9-7-3-2-6(13)4-8(7)11(19)10(9)17-18(5)12/h2-4H,1H3. The molecule has 0 aliphatic heterocycles. The molecule has 1 aliphatic rings.